The number of ether oxygens (including phenoxy) is 1. The van der Waals surface area contributed by atoms with Crippen molar-refractivity contribution < 1.29 is 9.53 Å². The first-order chi connectivity index (χ1) is 7.60. The van der Waals surface area contributed by atoms with Gasteiger partial charge in [-0.2, -0.15) is 0 Å². The molecule has 4 aliphatic carbocycles. The fourth-order valence-corrected chi connectivity index (χ4v) is 4.94. The largest absolute Gasteiger partial charge is 0.461 e. The Morgan fingerprint density at radius 2 is 1.94 bits per heavy atom. The molecule has 4 saturated carbocycles. The number of esters is 1. The van der Waals surface area contributed by atoms with Crippen molar-refractivity contribution in [1.82, 2.24) is 0 Å². The van der Waals surface area contributed by atoms with E-state index in [9.17, 15) is 4.79 Å². The first-order valence-corrected chi connectivity index (χ1v) is 7.48. The lowest BCUT2D eigenvalue weighted by Gasteiger charge is -2.59. The van der Waals surface area contributed by atoms with Gasteiger partial charge in [0.1, 0.15) is 11.4 Å². The second kappa shape index (κ2) is 3.72. The van der Waals surface area contributed by atoms with Gasteiger partial charge in [-0.25, -0.2) is 0 Å². The molecule has 0 N–H and O–H groups in total. The zero-order valence-electron chi connectivity index (χ0n) is 9.75. The molecule has 4 aliphatic rings. The third-order valence-corrected chi connectivity index (χ3v) is 5.39. The maximum absolute atomic E-state index is 11.5. The SMILES string of the molecule is CC12CC3CC(CC(C3)C1OC(=O)CBr)C2. The summed E-state index contributed by atoms with van der Waals surface area (Å²) >= 11 is 3.19. The highest BCUT2D eigenvalue weighted by molar-refractivity contribution is 9.09. The van der Waals surface area contributed by atoms with Crippen molar-refractivity contribution in [3.63, 3.8) is 0 Å². The molecule has 0 aliphatic heterocycles. The summed E-state index contributed by atoms with van der Waals surface area (Å²) in [5.41, 5.74) is 0.284. The van der Waals surface area contributed by atoms with Crippen molar-refractivity contribution in [3.8, 4) is 0 Å². The van der Waals surface area contributed by atoms with E-state index in [0.29, 0.717) is 11.2 Å². The van der Waals surface area contributed by atoms with Crippen LogP contribution in [0.5, 0.6) is 0 Å². The van der Waals surface area contributed by atoms with E-state index in [2.05, 4.69) is 22.9 Å². The van der Waals surface area contributed by atoms with Crippen LogP contribution in [-0.4, -0.2) is 17.4 Å². The van der Waals surface area contributed by atoms with Gasteiger partial charge in [0.15, 0.2) is 0 Å². The summed E-state index contributed by atoms with van der Waals surface area (Å²) in [5, 5.41) is 0.332. The number of carbonyl (C=O) groups excluding carboxylic acids is 1. The molecule has 0 heterocycles. The molecule has 0 spiro atoms. The van der Waals surface area contributed by atoms with Gasteiger partial charge in [-0.05, 0) is 49.9 Å². The molecule has 4 bridgehead atoms. The van der Waals surface area contributed by atoms with E-state index in [1.807, 2.05) is 0 Å². The molecule has 3 heteroatoms. The fraction of sp³-hybridized carbons (Fsp3) is 0.923. The van der Waals surface area contributed by atoms with Crippen LogP contribution in [0.4, 0.5) is 0 Å². The quantitative estimate of drug-likeness (QED) is 0.576. The summed E-state index contributed by atoms with van der Waals surface area (Å²) in [6, 6.07) is 0. The maximum Gasteiger partial charge on any atom is 0.316 e. The van der Waals surface area contributed by atoms with Crippen LogP contribution >= 0.6 is 15.9 Å². The fourth-order valence-electron chi connectivity index (χ4n) is 4.81. The lowest BCUT2D eigenvalue weighted by Crippen LogP contribution is -2.56. The minimum absolute atomic E-state index is 0.0845. The second-order valence-corrected chi connectivity index (χ2v) is 6.87. The summed E-state index contributed by atoms with van der Waals surface area (Å²) in [4.78, 5) is 11.5. The topological polar surface area (TPSA) is 26.3 Å². The second-order valence-electron chi connectivity index (χ2n) is 6.31. The summed E-state index contributed by atoms with van der Waals surface area (Å²) in [7, 11) is 0. The predicted molar refractivity (Wildman–Crippen MR) is 65.3 cm³/mol. The smallest absolute Gasteiger partial charge is 0.316 e. The molecule has 0 aromatic heterocycles. The van der Waals surface area contributed by atoms with Gasteiger partial charge in [0.05, 0.1) is 0 Å². The first kappa shape index (κ1) is 11.1. The molecule has 4 rings (SSSR count). The predicted octanol–water partition coefficient (Wildman–Crippen LogP) is 3.14. The van der Waals surface area contributed by atoms with Gasteiger partial charge >= 0.3 is 5.97 Å². The third-order valence-electron chi connectivity index (χ3n) is 4.93. The molecule has 2 nitrogen and oxygen atoms in total. The maximum atomic E-state index is 11.5. The van der Waals surface area contributed by atoms with Crippen LogP contribution in [0.25, 0.3) is 0 Å². The van der Waals surface area contributed by atoms with Crippen molar-refractivity contribution in [2.45, 2.75) is 45.1 Å². The average molecular weight is 287 g/mol. The number of alkyl halides is 1. The molecule has 0 amide bonds. The minimum atomic E-state index is -0.0845. The number of hydrogen-bond donors (Lipinski definition) is 0. The molecule has 0 aromatic rings. The minimum Gasteiger partial charge on any atom is -0.461 e. The van der Waals surface area contributed by atoms with Gasteiger partial charge < -0.3 is 4.74 Å². The Balaban J connectivity index is 1.81. The Bertz CT molecular complexity index is 301. The highest BCUT2D eigenvalue weighted by atomic mass is 79.9. The van der Waals surface area contributed by atoms with E-state index in [1.165, 1.54) is 32.1 Å². The average Bonchev–Trinajstić information content (AvgIpc) is 2.21. The molecule has 0 radical (unpaired) electrons. The van der Waals surface area contributed by atoms with Crippen LogP contribution < -0.4 is 0 Å². The van der Waals surface area contributed by atoms with Gasteiger partial charge in [0.25, 0.3) is 0 Å². The molecule has 90 valence electrons. The van der Waals surface area contributed by atoms with Crippen molar-refractivity contribution >= 4 is 21.9 Å². The van der Waals surface area contributed by atoms with Crippen molar-refractivity contribution in [3.05, 3.63) is 0 Å². The third kappa shape index (κ3) is 1.62. The van der Waals surface area contributed by atoms with Crippen LogP contribution in [0, 0.1) is 23.2 Å². The molecular weight excluding hydrogens is 268 g/mol. The molecular formula is C13H19BrO2. The highest BCUT2D eigenvalue weighted by Crippen LogP contribution is 2.60. The Hall–Kier alpha value is -0.0500. The van der Waals surface area contributed by atoms with Crippen molar-refractivity contribution in [2.24, 2.45) is 23.2 Å². The molecule has 3 unspecified atom stereocenters. The Kier molecular flexibility index (Phi) is 2.58. The van der Waals surface area contributed by atoms with Crippen molar-refractivity contribution in [1.29, 1.82) is 0 Å². The lowest BCUT2D eigenvalue weighted by atomic mass is 9.49. The van der Waals surface area contributed by atoms with Gasteiger partial charge in [-0.3, -0.25) is 4.79 Å². The molecule has 0 aromatic carbocycles. The zero-order valence-corrected chi connectivity index (χ0v) is 11.3. The molecule has 3 atom stereocenters. The van der Waals surface area contributed by atoms with Crippen LogP contribution in [0.1, 0.15) is 39.0 Å². The van der Waals surface area contributed by atoms with E-state index in [-0.39, 0.29) is 17.5 Å². The summed E-state index contributed by atoms with van der Waals surface area (Å²) < 4.78 is 5.69. The summed E-state index contributed by atoms with van der Waals surface area (Å²) in [6.45, 7) is 2.34. The lowest BCUT2D eigenvalue weighted by molar-refractivity contribution is -0.187. The Morgan fingerprint density at radius 1 is 1.31 bits per heavy atom. The zero-order chi connectivity index (χ0) is 11.3. The number of rotatable bonds is 2. The Labute approximate surface area is 105 Å². The van der Waals surface area contributed by atoms with E-state index in [1.54, 1.807) is 0 Å². The van der Waals surface area contributed by atoms with E-state index >= 15 is 0 Å². The van der Waals surface area contributed by atoms with E-state index in [4.69, 9.17) is 4.74 Å². The van der Waals surface area contributed by atoms with Crippen LogP contribution in [0.3, 0.4) is 0 Å². The highest BCUT2D eigenvalue weighted by Gasteiger charge is 2.56. The number of hydrogen-bond acceptors (Lipinski definition) is 2. The van der Waals surface area contributed by atoms with Gasteiger partial charge in [-0.1, -0.05) is 22.9 Å². The number of carbonyl (C=O) groups is 1. The monoisotopic (exact) mass is 286 g/mol. The molecule has 16 heavy (non-hydrogen) atoms. The van der Waals surface area contributed by atoms with Gasteiger partial charge in [-0.15, -0.1) is 0 Å². The summed E-state index contributed by atoms with van der Waals surface area (Å²) in [6.07, 6.45) is 6.79. The van der Waals surface area contributed by atoms with E-state index < -0.39 is 0 Å². The van der Waals surface area contributed by atoms with Crippen LogP contribution in [0.2, 0.25) is 0 Å². The Morgan fingerprint density at radius 3 is 2.44 bits per heavy atom. The summed E-state index contributed by atoms with van der Waals surface area (Å²) in [5.74, 6) is 2.40. The standard InChI is InChI=1S/C13H19BrO2/c1-13-5-8-2-9(6-13)4-10(3-8)12(13)16-11(15)7-14/h8-10,12H,2-7H2,1H3. The van der Waals surface area contributed by atoms with Crippen LogP contribution in [0.15, 0.2) is 0 Å². The van der Waals surface area contributed by atoms with Gasteiger partial charge in [0, 0.05) is 5.41 Å². The number of halogens is 1. The first-order valence-electron chi connectivity index (χ1n) is 6.36. The van der Waals surface area contributed by atoms with Crippen molar-refractivity contribution in [2.75, 3.05) is 5.33 Å². The van der Waals surface area contributed by atoms with Crippen LogP contribution in [-0.2, 0) is 9.53 Å². The normalized spacial score (nSPS) is 49.4. The molecule has 4 fully saturated rings. The van der Waals surface area contributed by atoms with E-state index in [0.717, 1.165) is 11.8 Å². The van der Waals surface area contributed by atoms with Gasteiger partial charge in [0.2, 0.25) is 0 Å². The molecule has 0 saturated heterocycles.